The summed E-state index contributed by atoms with van der Waals surface area (Å²) in [7, 11) is -4.16. The number of sulfonamides is 1. The third-order valence-electron chi connectivity index (χ3n) is 7.20. The Bertz CT molecular complexity index is 1490. The number of nitrogens with one attached hydrogen (secondary N) is 1. The first kappa shape index (κ1) is 34.4. The lowest BCUT2D eigenvalue weighted by Gasteiger charge is -2.33. The van der Waals surface area contributed by atoms with Crippen molar-refractivity contribution < 1.29 is 18.0 Å². The Balaban J connectivity index is 2.10. The van der Waals surface area contributed by atoms with E-state index >= 15 is 0 Å². The first-order valence-corrected chi connectivity index (χ1v) is 16.6. The maximum absolute atomic E-state index is 14.3. The van der Waals surface area contributed by atoms with Crippen LogP contribution >= 0.6 is 23.2 Å². The van der Waals surface area contributed by atoms with Crippen molar-refractivity contribution in [3.63, 3.8) is 0 Å². The zero-order chi connectivity index (χ0) is 31.9. The second-order valence-corrected chi connectivity index (χ2v) is 14.0. The molecule has 0 fully saturated rings. The lowest BCUT2D eigenvalue weighted by Crippen LogP contribution is -2.52. The highest BCUT2D eigenvalue weighted by Gasteiger charge is 2.34. The molecular formula is C33H41Cl2N3O4S. The molecule has 3 aromatic rings. The van der Waals surface area contributed by atoms with E-state index in [9.17, 15) is 18.0 Å². The second-order valence-electron chi connectivity index (χ2n) is 11.4. The van der Waals surface area contributed by atoms with Crippen LogP contribution in [0.5, 0.6) is 0 Å². The molecule has 43 heavy (non-hydrogen) atoms. The predicted octanol–water partition coefficient (Wildman–Crippen LogP) is 7.20. The topological polar surface area (TPSA) is 86.8 Å². The van der Waals surface area contributed by atoms with Crippen LogP contribution in [0, 0.1) is 12.8 Å². The molecule has 0 spiro atoms. The maximum atomic E-state index is 14.3. The lowest BCUT2D eigenvalue weighted by atomic mass is 10.0. The van der Waals surface area contributed by atoms with E-state index in [1.807, 2.05) is 46.8 Å². The van der Waals surface area contributed by atoms with E-state index in [2.05, 4.69) is 5.32 Å². The van der Waals surface area contributed by atoms with Crippen molar-refractivity contribution in [1.29, 1.82) is 0 Å². The van der Waals surface area contributed by atoms with Gasteiger partial charge in [0.1, 0.15) is 12.6 Å². The lowest BCUT2D eigenvalue weighted by molar-refractivity contribution is -0.140. The molecule has 1 N–H and O–H groups in total. The van der Waals surface area contributed by atoms with Crippen molar-refractivity contribution in [2.24, 2.45) is 5.92 Å². The minimum atomic E-state index is -4.16. The number of hydrogen-bond acceptors (Lipinski definition) is 4. The summed E-state index contributed by atoms with van der Waals surface area (Å²) in [5.74, 6) is -0.455. The van der Waals surface area contributed by atoms with Crippen LogP contribution in [-0.4, -0.2) is 44.3 Å². The van der Waals surface area contributed by atoms with Crippen molar-refractivity contribution >= 4 is 50.7 Å². The van der Waals surface area contributed by atoms with Gasteiger partial charge in [-0.1, -0.05) is 93.7 Å². The third-order valence-corrected chi connectivity index (χ3v) is 9.69. The number of aryl methyl sites for hydroxylation is 1. The van der Waals surface area contributed by atoms with Gasteiger partial charge in [-0.15, -0.1) is 0 Å². The SMILES string of the molecule is CC[C@@H](C(=O)NCC(C)C)N(Cc1c(Cl)cccc1Cl)C(=O)CN(c1ccc(C(C)C)cc1)S(=O)(=O)c1ccc(C)cc1. The number of anilines is 1. The Morgan fingerprint density at radius 1 is 0.884 bits per heavy atom. The van der Waals surface area contributed by atoms with Gasteiger partial charge >= 0.3 is 0 Å². The molecule has 2 amide bonds. The summed E-state index contributed by atoms with van der Waals surface area (Å²) in [6.07, 6.45) is 0.297. The molecule has 7 nitrogen and oxygen atoms in total. The molecule has 3 rings (SSSR count). The van der Waals surface area contributed by atoms with Crippen molar-refractivity contribution in [2.75, 3.05) is 17.4 Å². The number of carbonyl (C=O) groups is 2. The summed E-state index contributed by atoms with van der Waals surface area (Å²) in [6, 6.07) is 17.8. The molecule has 0 saturated heterocycles. The summed E-state index contributed by atoms with van der Waals surface area (Å²) in [5.41, 5.74) is 2.75. The van der Waals surface area contributed by atoms with Crippen LogP contribution in [0.3, 0.4) is 0 Å². The quantitative estimate of drug-likeness (QED) is 0.213. The highest BCUT2D eigenvalue weighted by atomic mass is 35.5. The second kappa shape index (κ2) is 15.1. The van der Waals surface area contributed by atoms with Gasteiger partial charge in [0.2, 0.25) is 11.8 Å². The summed E-state index contributed by atoms with van der Waals surface area (Å²) in [6.45, 7) is 11.6. The van der Waals surface area contributed by atoms with Crippen LogP contribution in [0.1, 0.15) is 63.6 Å². The fourth-order valence-electron chi connectivity index (χ4n) is 4.59. The van der Waals surface area contributed by atoms with Gasteiger partial charge in [0.15, 0.2) is 0 Å². The minimum Gasteiger partial charge on any atom is -0.354 e. The molecule has 0 bridgehead atoms. The molecule has 0 aliphatic carbocycles. The number of amides is 2. The Morgan fingerprint density at radius 2 is 1.47 bits per heavy atom. The highest BCUT2D eigenvalue weighted by Crippen LogP contribution is 2.29. The molecule has 0 aliphatic heterocycles. The zero-order valence-corrected chi connectivity index (χ0v) is 27.9. The van der Waals surface area contributed by atoms with Crippen LogP contribution in [0.25, 0.3) is 0 Å². The van der Waals surface area contributed by atoms with E-state index in [4.69, 9.17) is 23.2 Å². The van der Waals surface area contributed by atoms with Crippen molar-refractivity contribution in [1.82, 2.24) is 10.2 Å². The van der Waals surface area contributed by atoms with Crippen molar-refractivity contribution in [2.45, 2.75) is 71.4 Å². The molecule has 0 saturated carbocycles. The van der Waals surface area contributed by atoms with Gasteiger partial charge in [-0.25, -0.2) is 8.42 Å². The van der Waals surface area contributed by atoms with Gasteiger partial charge in [-0.2, -0.15) is 0 Å². The van der Waals surface area contributed by atoms with E-state index in [0.717, 1.165) is 15.4 Å². The molecule has 0 aliphatic rings. The zero-order valence-electron chi connectivity index (χ0n) is 25.6. The van der Waals surface area contributed by atoms with Gasteiger partial charge in [0.25, 0.3) is 10.0 Å². The van der Waals surface area contributed by atoms with E-state index in [-0.39, 0.29) is 29.2 Å². The summed E-state index contributed by atoms with van der Waals surface area (Å²) in [5, 5.41) is 3.60. The van der Waals surface area contributed by atoms with Gasteiger partial charge in [0.05, 0.1) is 10.6 Å². The van der Waals surface area contributed by atoms with Gasteiger partial charge in [0, 0.05) is 28.7 Å². The molecule has 3 aromatic carbocycles. The maximum Gasteiger partial charge on any atom is 0.264 e. The molecule has 10 heteroatoms. The third kappa shape index (κ3) is 8.74. The van der Waals surface area contributed by atoms with Gasteiger partial charge < -0.3 is 10.2 Å². The summed E-state index contributed by atoms with van der Waals surface area (Å²) < 4.78 is 29.2. The van der Waals surface area contributed by atoms with Crippen molar-refractivity contribution in [3.05, 3.63) is 93.5 Å². The Hall–Kier alpha value is -3.07. The van der Waals surface area contributed by atoms with E-state index in [1.165, 1.54) is 17.0 Å². The van der Waals surface area contributed by atoms with Crippen LogP contribution in [-0.2, 0) is 26.2 Å². The molecule has 0 heterocycles. The van der Waals surface area contributed by atoms with Crippen molar-refractivity contribution in [3.8, 4) is 0 Å². The molecule has 0 aromatic heterocycles. The van der Waals surface area contributed by atoms with Crippen LogP contribution in [0.4, 0.5) is 5.69 Å². The number of benzene rings is 3. The first-order valence-electron chi connectivity index (χ1n) is 14.5. The fraction of sp³-hybridized carbons (Fsp3) is 0.394. The standard InChI is InChI=1S/C33H41Cl2N3O4S/c1-7-31(33(40)36-19-22(2)3)37(20-28-29(34)9-8-10-30(28)35)32(39)21-38(26-15-13-25(14-16-26)23(4)5)43(41,42)27-17-11-24(6)12-18-27/h8-18,22-23,31H,7,19-21H2,1-6H3,(H,36,40)/t31-/m0/s1. The molecular weight excluding hydrogens is 605 g/mol. The van der Waals surface area contributed by atoms with Gasteiger partial charge in [-0.3, -0.25) is 13.9 Å². The van der Waals surface area contributed by atoms with Crippen LogP contribution < -0.4 is 9.62 Å². The minimum absolute atomic E-state index is 0.0567. The average molecular weight is 647 g/mol. The Labute approximate surface area is 266 Å². The van der Waals surface area contributed by atoms with E-state index in [0.29, 0.717) is 34.3 Å². The molecule has 0 radical (unpaired) electrons. The smallest absolute Gasteiger partial charge is 0.264 e. The molecule has 0 unspecified atom stereocenters. The van der Waals surface area contributed by atoms with Gasteiger partial charge in [-0.05, 0) is 67.1 Å². The number of nitrogens with zero attached hydrogens (tertiary/aromatic N) is 2. The fourth-order valence-corrected chi connectivity index (χ4v) is 6.52. The normalized spacial score (nSPS) is 12.3. The van der Waals surface area contributed by atoms with E-state index < -0.39 is 28.5 Å². The number of halogens is 2. The van der Waals surface area contributed by atoms with Crippen LogP contribution in [0.15, 0.2) is 71.6 Å². The predicted molar refractivity (Wildman–Crippen MR) is 175 cm³/mol. The Kier molecular flexibility index (Phi) is 12.1. The highest BCUT2D eigenvalue weighted by molar-refractivity contribution is 7.92. The molecule has 232 valence electrons. The summed E-state index contributed by atoms with van der Waals surface area (Å²) >= 11 is 13.0. The Morgan fingerprint density at radius 3 is 1.98 bits per heavy atom. The average Bonchev–Trinajstić information content (AvgIpc) is 2.96. The number of hydrogen-bond donors (Lipinski definition) is 1. The number of carbonyl (C=O) groups excluding carboxylic acids is 2. The number of rotatable bonds is 13. The summed E-state index contributed by atoms with van der Waals surface area (Å²) in [4.78, 5) is 29.1. The largest absolute Gasteiger partial charge is 0.354 e. The monoisotopic (exact) mass is 645 g/mol. The van der Waals surface area contributed by atoms with E-state index in [1.54, 1.807) is 49.4 Å². The van der Waals surface area contributed by atoms with Crippen LogP contribution in [0.2, 0.25) is 10.0 Å². The molecule has 1 atom stereocenters. The first-order chi connectivity index (χ1) is 20.3.